The molecule has 0 aliphatic carbocycles. The molecule has 0 radical (unpaired) electrons. The summed E-state index contributed by atoms with van der Waals surface area (Å²) >= 11 is 0. The van der Waals surface area contributed by atoms with Crippen LogP contribution in [0.1, 0.15) is 24.5 Å². The number of amides is 1. The lowest BCUT2D eigenvalue weighted by molar-refractivity contribution is -0.137. The molecule has 2 unspecified atom stereocenters. The number of aliphatic hydroxyl groups is 1. The van der Waals surface area contributed by atoms with Crippen LogP contribution < -0.4 is 15.8 Å². The molecule has 5 N–H and O–H groups in total. The van der Waals surface area contributed by atoms with Crippen LogP contribution >= 0.6 is 0 Å². The molecule has 0 spiro atoms. The minimum Gasteiger partial charge on any atom is -0.482 e. The van der Waals surface area contributed by atoms with Crippen LogP contribution in [0, 0.1) is 0 Å². The van der Waals surface area contributed by atoms with Crippen molar-refractivity contribution < 1.29 is 24.5 Å². The van der Waals surface area contributed by atoms with Crippen LogP contribution in [0.25, 0.3) is 0 Å². The number of nitrogens with one attached hydrogen (secondary N) is 1. The first-order valence-electron chi connectivity index (χ1n) is 6.19. The maximum absolute atomic E-state index is 11.2. The van der Waals surface area contributed by atoms with E-state index < -0.39 is 18.1 Å². The highest BCUT2D eigenvalue weighted by Gasteiger charge is 2.21. The third-order valence-corrected chi connectivity index (χ3v) is 3.08. The lowest BCUT2D eigenvalue weighted by atomic mass is 9.98. The van der Waals surface area contributed by atoms with Gasteiger partial charge in [0.25, 0.3) is 5.91 Å². The molecular weight excluding hydrogens is 264 g/mol. The minimum atomic E-state index is -1.00. The van der Waals surface area contributed by atoms with Crippen LogP contribution in [0.15, 0.2) is 18.2 Å². The molecule has 1 aliphatic rings. The number of fused-ring (bicyclic) bond motifs is 1. The number of anilines is 1. The number of hydrogen-bond acceptors (Lipinski definition) is 5. The Labute approximate surface area is 115 Å². The normalized spacial score (nSPS) is 16.6. The Hall–Kier alpha value is -2.12. The summed E-state index contributed by atoms with van der Waals surface area (Å²) in [5, 5.41) is 21.3. The van der Waals surface area contributed by atoms with Crippen molar-refractivity contribution in [3.8, 4) is 5.75 Å². The molecule has 0 saturated heterocycles. The van der Waals surface area contributed by atoms with Gasteiger partial charge in [0.15, 0.2) is 6.61 Å². The van der Waals surface area contributed by atoms with Crippen molar-refractivity contribution in [2.24, 2.45) is 5.73 Å². The molecule has 2 atom stereocenters. The van der Waals surface area contributed by atoms with E-state index in [1.165, 1.54) is 0 Å². The monoisotopic (exact) mass is 280 g/mol. The van der Waals surface area contributed by atoms with Gasteiger partial charge >= 0.3 is 5.97 Å². The van der Waals surface area contributed by atoms with E-state index in [4.69, 9.17) is 15.6 Å². The second-order valence-electron chi connectivity index (χ2n) is 4.63. The SMILES string of the molecule is NC(CCC(=O)O)C(O)c1ccc2c(c1)NC(=O)CO2. The molecule has 1 aliphatic heterocycles. The fourth-order valence-electron chi connectivity index (χ4n) is 1.98. The van der Waals surface area contributed by atoms with Gasteiger partial charge in [-0.05, 0) is 24.1 Å². The quantitative estimate of drug-likeness (QED) is 0.613. The van der Waals surface area contributed by atoms with Crippen molar-refractivity contribution >= 4 is 17.6 Å². The number of hydrogen-bond donors (Lipinski definition) is 4. The zero-order valence-electron chi connectivity index (χ0n) is 10.7. The van der Waals surface area contributed by atoms with E-state index in [1.54, 1.807) is 18.2 Å². The van der Waals surface area contributed by atoms with Crippen molar-refractivity contribution in [3.05, 3.63) is 23.8 Å². The van der Waals surface area contributed by atoms with E-state index in [9.17, 15) is 14.7 Å². The molecule has 0 saturated carbocycles. The fourth-order valence-corrected chi connectivity index (χ4v) is 1.98. The number of carbonyl (C=O) groups is 2. The summed E-state index contributed by atoms with van der Waals surface area (Å²) in [6.07, 6.45) is -0.946. The number of aliphatic carboxylic acids is 1. The lowest BCUT2D eigenvalue weighted by Crippen LogP contribution is -2.30. The minimum absolute atomic E-state index is 0.0347. The van der Waals surface area contributed by atoms with E-state index in [-0.39, 0.29) is 25.4 Å². The van der Waals surface area contributed by atoms with Crippen LogP contribution in [-0.4, -0.2) is 34.7 Å². The van der Waals surface area contributed by atoms with E-state index in [0.717, 1.165) is 0 Å². The maximum atomic E-state index is 11.2. The van der Waals surface area contributed by atoms with Crippen LogP contribution in [0.4, 0.5) is 5.69 Å². The first-order chi connectivity index (χ1) is 9.47. The van der Waals surface area contributed by atoms with Gasteiger partial charge in [0.05, 0.1) is 11.8 Å². The van der Waals surface area contributed by atoms with Crippen molar-refractivity contribution in [3.63, 3.8) is 0 Å². The summed E-state index contributed by atoms with van der Waals surface area (Å²) in [5.74, 6) is -0.697. The average molecular weight is 280 g/mol. The molecule has 7 nitrogen and oxygen atoms in total. The molecule has 0 bridgehead atoms. The van der Waals surface area contributed by atoms with Crippen molar-refractivity contribution in [1.82, 2.24) is 0 Å². The lowest BCUT2D eigenvalue weighted by Gasteiger charge is -2.22. The summed E-state index contributed by atoms with van der Waals surface area (Å²) < 4.78 is 5.21. The number of nitrogens with two attached hydrogens (primary N) is 1. The Morgan fingerprint density at radius 2 is 2.25 bits per heavy atom. The smallest absolute Gasteiger partial charge is 0.303 e. The average Bonchev–Trinajstić information content (AvgIpc) is 2.43. The molecule has 0 aromatic heterocycles. The number of rotatable bonds is 5. The topological polar surface area (TPSA) is 122 Å². The highest BCUT2D eigenvalue weighted by atomic mass is 16.5. The summed E-state index contributed by atoms with van der Waals surface area (Å²) in [6.45, 7) is -0.0347. The number of carboxylic acids is 1. The Morgan fingerprint density at radius 3 is 2.95 bits per heavy atom. The predicted molar refractivity (Wildman–Crippen MR) is 70.4 cm³/mol. The maximum Gasteiger partial charge on any atom is 0.303 e. The first-order valence-corrected chi connectivity index (χ1v) is 6.19. The van der Waals surface area contributed by atoms with Gasteiger partial charge in [-0.25, -0.2) is 0 Å². The van der Waals surface area contributed by atoms with Crippen LogP contribution in [-0.2, 0) is 9.59 Å². The summed E-state index contributed by atoms with van der Waals surface area (Å²) in [7, 11) is 0. The Bertz CT molecular complexity index is 531. The highest BCUT2D eigenvalue weighted by molar-refractivity contribution is 5.95. The van der Waals surface area contributed by atoms with Crippen molar-refractivity contribution in [2.45, 2.75) is 25.0 Å². The number of carbonyl (C=O) groups excluding carboxylic acids is 1. The van der Waals surface area contributed by atoms with E-state index >= 15 is 0 Å². The van der Waals surface area contributed by atoms with Gasteiger partial charge in [-0.2, -0.15) is 0 Å². The molecule has 1 aromatic carbocycles. The summed E-state index contributed by atoms with van der Waals surface area (Å²) in [6, 6.07) is 4.17. The van der Waals surface area contributed by atoms with Gasteiger partial charge in [0, 0.05) is 12.5 Å². The highest BCUT2D eigenvalue weighted by Crippen LogP contribution is 2.31. The molecule has 2 rings (SSSR count). The van der Waals surface area contributed by atoms with Gasteiger partial charge in [0.2, 0.25) is 0 Å². The molecular formula is C13H16N2O5. The predicted octanol–water partition coefficient (Wildman–Crippen LogP) is 0.243. The first kappa shape index (κ1) is 14.3. The second kappa shape index (κ2) is 5.89. The number of ether oxygens (including phenoxy) is 1. The molecule has 0 fully saturated rings. The Morgan fingerprint density at radius 1 is 1.50 bits per heavy atom. The van der Waals surface area contributed by atoms with Crippen LogP contribution in [0.3, 0.4) is 0 Å². The third kappa shape index (κ3) is 3.25. The van der Waals surface area contributed by atoms with Gasteiger partial charge in [-0.3, -0.25) is 9.59 Å². The molecule has 1 aromatic rings. The zero-order valence-corrected chi connectivity index (χ0v) is 10.7. The number of aliphatic hydroxyl groups excluding tert-OH is 1. The second-order valence-corrected chi connectivity index (χ2v) is 4.63. The molecule has 20 heavy (non-hydrogen) atoms. The van der Waals surface area contributed by atoms with E-state index in [0.29, 0.717) is 17.0 Å². The van der Waals surface area contributed by atoms with Crippen molar-refractivity contribution in [1.29, 1.82) is 0 Å². The Balaban J connectivity index is 2.10. The molecule has 1 heterocycles. The number of benzene rings is 1. The van der Waals surface area contributed by atoms with E-state index in [1.807, 2.05) is 0 Å². The zero-order chi connectivity index (χ0) is 14.7. The molecule has 1 amide bonds. The van der Waals surface area contributed by atoms with E-state index in [2.05, 4.69) is 5.32 Å². The van der Waals surface area contributed by atoms with Crippen LogP contribution in [0.5, 0.6) is 5.75 Å². The fraction of sp³-hybridized carbons (Fsp3) is 0.385. The van der Waals surface area contributed by atoms with Gasteiger partial charge < -0.3 is 26.0 Å². The standard InChI is InChI=1S/C13H16N2O5/c14-8(2-4-12(17)18)13(19)7-1-3-10-9(5-7)15-11(16)6-20-10/h1,3,5,8,13,19H,2,4,6,14H2,(H,15,16)(H,17,18). The molecule has 108 valence electrons. The summed E-state index contributed by atoms with van der Waals surface area (Å²) in [5.41, 5.74) is 6.75. The van der Waals surface area contributed by atoms with Crippen LogP contribution in [0.2, 0.25) is 0 Å². The largest absolute Gasteiger partial charge is 0.482 e. The summed E-state index contributed by atoms with van der Waals surface area (Å²) in [4.78, 5) is 21.7. The van der Waals surface area contributed by atoms with Crippen molar-refractivity contribution in [2.75, 3.05) is 11.9 Å². The number of carboxylic acid groups (broad SMARTS) is 1. The van der Waals surface area contributed by atoms with Gasteiger partial charge in [-0.1, -0.05) is 6.07 Å². The molecule has 7 heteroatoms. The Kier molecular flexibility index (Phi) is 4.21. The van der Waals surface area contributed by atoms with Gasteiger partial charge in [-0.15, -0.1) is 0 Å². The van der Waals surface area contributed by atoms with Gasteiger partial charge in [0.1, 0.15) is 5.75 Å². The third-order valence-electron chi connectivity index (χ3n) is 3.08.